The van der Waals surface area contributed by atoms with Gasteiger partial charge in [-0.1, -0.05) is 20.8 Å². The number of hydrogen-bond donors (Lipinski definition) is 1. The molecule has 2 bridgehead atoms. The highest BCUT2D eigenvalue weighted by atomic mass is 16.5. The van der Waals surface area contributed by atoms with E-state index in [0.29, 0.717) is 24.4 Å². The summed E-state index contributed by atoms with van der Waals surface area (Å²) in [6.07, 6.45) is 3.66. The highest BCUT2D eigenvalue weighted by Gasteiger charge is 2.62. The van der Waals surface area contributed by atoms with Crippen LogP contribution in [0.1, 0.15) is 40.0 Å². The van der Waals surface area contributed by atoms with E-state index in [9.17, 15) is 4.79 Å². The van der Waals surface area contributed by atoms with Gasteiger partial charge in [0.15, 0.2) is 0 Å². The van der Waals surface area contributed by atoms with Crippen LogP contribution in [0.2, 0.25) is 0 Å². The molecular weight excluding hydrogens is 290 g/mol. The number of nitrogens with two attached hydrogens (primary N) is 1. The van der Waals surface area contributed by atoms with Gasteiger partial charge in [0.25, 0.3) is 0 Å². The zero-order valence-electron chi connectivity index (χ0n) is 15.0. The van der Waals surface area contributed by atoms with Gasteiger partial charge in [-0.25, -0.2) is 0 Å². The van der Waals surface area contributed by atoms with Gasteiger partial charge >= 0.3 is 5.97 Å². The molecule has 3 aliphatic rings. The lowest BCUT2D eigenvalue weighted by Gasteiger charge is -2.39. The summed E-state index contributed by atoms with van der Waals surface area (Å²) in [6.45, 7) is 13.0. The molecule has 1 aliphatic heterocycles. The Morgan fingerprint density at radius 1 is 1.17 bits per heavy atom. The number of rotatable bonds is 5. The Morgan fingerprint density at radius 2 is 1.83 bits per heavy atom. The van der Waals surface area contributed by atoms with Crippen molar-refractivity contribution in [3.63, 3.8) is 0 Å². The summed E-state index contributed by atoms with van der Waals surface area (Å²) in [5, 5.41) is 0. The van der Waals surface area contributed by atoms with Gasteiger partial charge in [-0.3, -0.25) is 14.6 Å². The molecule has 0 radical (unpaired) electrons. The minimum Gasteiger partial charge on any atom is -0.461 e. The zero-order valence-corrected chi connectivity index (χ0v) is 15.0. The van der Waals surface area contributed by atoms with Crippen LogP contribution in [0.15, 0.2) is 0 Å². The van der Waals surface area contributed by atoms with Crippen molar-refractivity contribution < 1.29 is 9.53 Å². The molecule has 5 nitrogen and oxygen atoms in total. The van der Waals surface area contributed by atoms with Crippen molar-refractivity contribution in [1.29, 1.82) is 0 Å². The molecule has 0 amide bonds. The molecule has 3 rings (SSSR count). The Morgan fingerprint density at radius 3 is 2.35 bits per heavy atom. The van der Waals surface area contributed by atoms with Crippen molar-refractivity contribution in [2.75, 3.05) is 45.8 Å². The van der Waals surface area contributed by atoms with Crippen molar-refractivity contribution in [1.82, 2.24) is 9.80 Å². The molecule has 0 aromatic carbocycles. The number of fused-ring (bicyclic) bond motifs is 2. The Bertz CT molecular complexity index is 446. The van der Waals surface area contributed by atoms with E-state index in [4.69, 9.17) is 10.5 Å². The summed E-state index contributed by atoms with van der Waals surface area (Å²) in [6, 6.07) is 0. The van der Waals surface area contributed by atoms with Crippen LogP contribution in [0.3, 0.4) is 0 Å². The average Bonchev–Trinajstić information content (AvgIpc) is 2.83. The quantitative estimate of drug-likeness (QED) is 0.773. The first-order valence-electron chi connectivity index (χ1n) is 9.21. The minimum atomic E-state index is -0.0353. The molecule has 0 spiro atoms. The third-order valence-electron chi connectivity index (χ3n) is 7.25. The van der Waals surface area contributed by atoms with Crippen LogP contribution < -0.4 is 5.73 Å². The fourth-order valence-corrected chi connectivity index (χ4v) is 5.04. The van der Waals surface area contributed by atoms with Gasteiger partial charge in [0.1, 0.15) is 6.10 Å². The molecule has 3 atom stereocenters. The lowest BCUT2D eigenvalue weighted by molar-refractivity contribution is -0.158. The van der Waals surface area contributed by atoms with Crippen LogP contribution in [-0.2, 0) is 9.53 Å². The van der Waals surface area contributed by atoms with E-state index in [2.05, 4.69) is 30.6 Å². The van der Waals surface area contributed by atoms with Crippen LogP contribution in [0, 0.1) is 16.7 Å². The van der Waals surface area contributed by atoms with Crippen molar-refractivity contribution in [2.24, 2.45) is 22.5 Å². The first-order chi connectivity index (χ1) is 10.9. The van der Waals surface area contributed by atoms with Crippen molar-refractivity contribution >= 4 is 5.97 Å². The number of nitrogens with zero attached hydrogens (tertiary/aromatic N) is 2. The predicted molar refractivity (Wildman–Crippen MR) is 91.0 cm³/mol. The summed E-state index contributed by atoms with van der Waals surface area (Å²) in [7, 11) is 0. The predicted octanol–water partition coefficient (Wildman–Crippen LogP) is 1.32. The molecule has 0 aromatic heterocycles. The van der Waals surface area contributed by atoms with Crippen LogP contribution in [-0.4, -0.2) is 67.7 Å². The van der Waals surface area contributed by atoms with Gasteiger partial charge in [0.05, 0.1) is 6.54 Å². The fraction of sp³-hybridized carbons (Fsp3) is 0.944. The molecule has 1 saturated heterocycles. The summed E-state index contributed by atoms with van der Waals surface area (Å²) in [4.78, 5) is 17.0. The molecule has 132 valence electrons. The first kappa shape index (κ1) is 17.2. The van der Waals surface area contributed by atoms with Crippen LogP contribution >= 0.6 is 0 Å². The molecule has 2 N–H and O–H groups in total. The summed E-state index contributed by atoms with van der Waals surface area (Å²) in [5.41, 5.74) is 6.06. The molecule has 1 heterocycles. The van der Waals surface area contributed by atoms with Gasteiger partial charge in [0.2, 0.25) is 0 Å². The van der Waals surface area contributed by atoms with Crippen molar-refractivity contribution in [3.8, 4) is 0 Å². The number of esters is 1. The average molecular weight is 323 g/mol. The molecule has 5 heteroatoms. The van der Waals surface area contributed by atoms with Crippen LogP contribution in [0.25, 0.3) is 0 Å². The third-order valence-corrected chi connectivity index (χ3v) is 7.25. The number of piperazine rings is 1. The van der Waals surface area contributed by atoms with E-state index in [1.807, 2.05) is 0 Å². The maximum absolute atomic E-state index is 12.4. The molecule has 0 unspecified atom stereocenters. The Hall–Kier alpha value is -0.650. The van der Waals surface area contributed by atoms with Crippen molar-refractivity contribution in [2.45, 2.75) is 46.1 Å². The van der Waals surface area contributed by atoms with E-state index < -0.39 is 0 Å². The number of ether oxygens (including phenoxy) is 1. The van der Waals surface area contributed by atoms with E-state index >= 15 is 0 Å². The van der Waals surface area contributed by atoms with E-state index in [1.165, 1.54) is 12.8 Å². The first-order valence-corrected chi connectivity index (χ1v) is 9.21. The van der Waals surface area contributed by atoms with Gasteiger partial charge in [-0.05, 0) is 30.6 Å². The van der Waals surface area contributed by atoms with Gasteiger partial charge < -0.3 is 10.5 Å². The highest BCUT2D eigenvalue weighted by molar-refractivity contribution is 5.72. The summed E-state index contributed by atoms with van der Waals surface area (Å²) < 4.78 is 5.95. The van der Waals surface area contributed by atoms with E-state index in [0.717, 1.165) is 39.1 Å². The Kier molecular flexibility index (Phi) is 4.73. The summed E-state index contributed by atoms with van der Waals surface area (Å²) >= 11 is 0. The Labute approximate surface area is 140 Å². The normalized spacial score (nSPS) is 37.2. The van der Waals surface area contributed by atoms with Crippen LogP contribution in [0.4, 0.5) is 0 Å². The van der Waals surface area contributed by atoms with Gasteiger partial charge in [-0.15, -0.1) is 0 Å². The second kappa shape index (κ2) is 6.34. The highest BCUT2D eigenvalue weighted by Crippen LogP contribution is 2.66. The van der Waals surface area contributed by atoms with E-state index in [-0.39, 0.29) is 17.5 Å². The van der Waals surface area contributed by atoms with Gasteiger partial charge in [0, 0.05) is 44.7 Å². The second-order valence-corrected chi connectivity index (χ2v) is 8.50. The topological polar surface area (TPSA) is 58.8 Å². The smallest absolute Gasteiger partial charge is 0.320 e. The fourth-order valence-electron chi connectivity index (χ4n) is 5.04. The number of carbonyl (C=O) groups excluding carboxylic acids is 1. The Balaban J connectivity index is 1.48. The maximum atomic E-state index is 12.4. The van der Waals surface area contributed by atoms with Crippen LogP contribution in [0.5, 0.6) is 0 Å². The zero-order chi connectivity index (χ0) is 16.7. The maximum Gasteiger partial charge on any atom is 0.320 e. The molecule has 23 heavy (non-hydrogen) atoms. The largest absolute Gasteiger partial charge is 0.461 e. The van der Waals surface area contributed by atoms with Gasteiger partial charge in [-0.2, -0.15) is 0 Å². The molecule has 2 saturated carbocycles. The standard InChI is InChI=1S/C18H33N3O2/c1-17(2)14-4-5-18(17,3)15(12-14)23-16(22)13-21-10-8-20(7-6-19)9-11-21/h14-15H,4-13,19H2,1-3H3/t14-,15+,18+/m0/s1. The SMILES string of the molecule is CC1(C)[C@H]2CC[C@]1(C)[C@H](OC(=O)CN1CCN(CCN)CC1)C2. The monoisotopic (exact) mass is 323 g/mol. The number of carbonyl (C=O) groups is 1. The molecule has 3 fully saturated rings. The minimum absolute atomic E-state index is 0.0353. The molecule has 0 aromatic rings. The summed E-state index contributed by atoms with van der Waals surface area (Å²) in [5.74, 6) is 0.678. The van der Waals surface area contributed by atoms with Crippen molar-refractivity contribution in [3.05, 3.63) is 0 Å². The second-order valence-electron chi connectivity index (χ2n) is 8.50. The van der Waals surface area contributed by atoms with E-state index in [1.54, 1.807) is 0 Å². The number of hydrogen-bond acceptors (Lipinski definition) is 5. The molecule has 2 aliphatic carbocycles. The lowest BCUT2D eigenvalue weighted by Crippen LogP contribution is -2.49. The third kappa shape index (κ3) is 3.03. The molecular formula is C18H33N3O2. The lowest BCUT2D eigenvalue weighted by atomic mass is 9.70.